The first kappa shape index (κ1) is 13.9. The number of nitro groups is 1. The minimum atomic E-state index is -0.475. The third kappa shape index (κ3) is 1.56. The molecule has 2 amide bonds. The van der Waals surface area contributed by atoms with Crippen LogP contribution in [0.1, 0.15) is 12.0 Å². The van der Waals surface area contributed by atoms with Crippen molar-refractivity contribution in [3.8, 4) is 0 Å². The number of carbonyl (C=O) groups is 2. The summed E-state index contributed by atoms with van der Waals surface area (Å²) in [5, 5.41) is 11.2. The average molecular weight is 324 g/mol. The maximum Gasteiger partial charge on any atom is 0.274 e. The zero-order chi connectivity index (χ0) is 16.7. The smallest absolute Gasteiger partial charge is 0.274 e. The fraction of sp³-hybridized carbons (Fsp3) is 0.444. The first-order valence-corrected chi connectivity index (χ1v) is 8.30. The van der Waals surface area contributed by atoms with E-state index in [4.69, 9.17) is 0 Å². The Morgan fingerprint density at radius 1 is 1.08 bits per heavy atom. The lowest BCUT2D eigenvalue weighted by molar-refractivity contribution is -0.385. The minimum absolute atomic E-state index is 0.0630. The lowest BCUT2D eigenvalue weighted by atomic mass is 9.63. The van der Waals surface area contributed by atoms with Crippen molar-refractivity contribution in [1.29, 1.82) is 0 Å². The summed E-state index contributed by atoms with van der Waals surface area (Å²) in [6.07, 6.45) is 5.35. The van der Waals surface area contributed by atoms with Gasteiger partial charge in [0.1, 0.15) is 0 Å². The molecule has 4 aliphatic carbocycles. The number of benzene rings is 1. The van der Waals surface area contributed by atoms with Crippen LogP contribution >= 0.6 is 0 Å². The van der Waals surface area contributed by atoms with Crippen LogP contribution in [0.2, 0.25) is 0 Å². The van der Waals surface area contributed by atoms with Crippen molar-refractivity contribution in [2.75, 3.05) is 4.90 Å². The quantitative estimate of drug-likeness (QED) is 0.362. The maximum absolute atomic E-state index is 13.0. The SMILES string of the molecule is Cc1ccc(N2C(=O)[C@@H]3[C@H]4C=C[C@H]([C@H]5C[C@@H]45)[C@@H]3C2=O)cc1[N+](=O)[O-]. The van der Waals surface area contributed by atoms with E-state index in [2.05, 4.69) is 12.2 Å². The molecule has 0 spiro atoms. The van der Waals surface area contributed by atoms with Gasteiger partial charge in [0.25, 0.3) is 5.69 Å². The highest BCUT2D eigenvalue weighted by Crippen LogP contribution is 2.65. The monoisotopic (exact) mass is 324 g/mol. The summed E-state index contributed by atoms with van der Waals surface area (Å²) in [6, 6.07) is 4.57. The summed E-state index contributed by atoms with van der Waals surface area (Å²) in [6.45, 7) is 1.65. The molecule has 2 saturated carbocycles. The Morgan fingerprint density at radius 3 is 2.21 bits per heavy atom. The second kappa shape index (κ2) is 4.32. The van der Waals surface area contributed by atoms with Crippen LogP contribution in [0.5, 0.6) is 0 Å². The predicted octanol–water partition coefficient (Wildman–Crippen LogP) is 2.46. The van der Waals surface area contributed by atoms with E-state index in [1.807, 2.05) is 0 Å². The Bertz CT molecular complexity index is 809. The van der Waals surface area contributed by atoms with E-state index in [0.29, 0.717) is 23.1 Å². The van der Waals surface area contributed by atoms with E-state index in [1.54, 1.807) is 19.1 Å². The minimum Gasteiger partial charge on any atom is -0.274 e. The molecule has 0 N–H and O–H groups in total. The van der Waals surface area contributed by atoms with E-state index in [-0.39, 0.29) is 41.2 Å². The van der Waals surface area contributed by atoms with E-state index in [9.17, 15) is 19.7 Å². The third-order valence-corrected chi connectivity index (χ3v) is 6.31. The Balaban J connectivity index is 1.57. The van der Waals surface area contributed by atoms with Crippen LogP contribution in [0.3, 0.4) is 0 Å². The molecule has 1 saturated heterocycles. The predicted molar refractivity (Wildman–Crippen MR) is 85.0 cm³/mol. The van der Waals surface area contributed by atoms with Gasteiger partial charge in [-0.25, -0.2) is 4.90 Å². The van der Waals surface area contributed by atoms with Crippen molar-refractivity contribution in [2.24, 2.45) is 35.5 Å². The van der Waals surface area contributed by atoms with Crippen LogP contribution in [0.25, 0.3) is 0 Å². The fourth-order valence-corrected chi connectivity index (χ4v) is 5.15. The van der Waals surface area contributed by atoms with Gasteiger partial charge in [0.05, 0.1) is 22.4 Å². The highest BCUT2D eigenvalue weighted by molar-refractivity contribution is 6.22. The standard InChI is InChI=1S/C18H16N2O4/c1-8-2-3-9(6-14(8)20(23)24)19-17(21)15-10-4-5-11(13-7-12(10)13)16(15)18(19)22/h2-6,10-13,15-16H,7H2,1H3/t10-,11+,12-,13+,15+,16-. The zero-order valence-electron chi connectivity index (χ0n) is 13.1. The molecular formula is C18H16N2O4. The Kier molecular flexibility index (Phi) is 2.50. The molecule has 6 rings (SSSR count). The van der Waals surface area contributed by atoms with Crippen molar-refractivity contribution in [3.63, 3.8) is 0 Å². The Labute approximate surface area is 138 Å². The van der Waals surface area contributed by atoms with Crippen molar-refractivity contribution < 1.29 is 14.5 Å². The van der Waals surface area contributed by atoms with Gasteiger partial charge in [0, 0.05) is 11.6 Å². The number of carbonyl (C=O) groups excluding carboxylic acids is 2. The molecule has 6 heteroatoms. The first-order valence-electron chi connectivity index (χ1n) is 8.30. The molecule has 24 heavy (non-hydrogen) atoms. The summed E-state index contributed by atoms with van der Waals surface area (Å²) < 4.78 is 0. The molecule has 1 aromatic rings. The van der Waals surface area contributed by atoms with Gasteiger partial charge in [-0.15, -0.1) is 0 Å². The molecule has 0 radical (unpaired) electrons. The number of rotatable bonds is 2. The van der Waals surface area contributed by atoms with Crippen molar-refractivity contribution in [1.82, 2.24) is 0 Å². The number of nitro benzene ring substituents is 1. The Morgan fingerprint density at radius 2 is 1.67 bits per heavy atom. The Hall–Kier alpha value is -2.50. The average Bonchev–Trinajstić information content (AvgIpc) is 3.33. The van der Waals surface area contributed by atoms with Crippen LogP contribution in [-0.2, 0) is 9.59 Å². The van der Waals surface area contributed by atoms with E-state index >= 15 is 0 Å². The van der Waals surface area contributed by atoms with Gasteiger partial charge in [0.15, 0.2) is 0 Å². The molecule has 0 unspecified atom stereocenters. The molecule has 0 aromatic heterocycles. The topological polar surface area (TPSA) is 80.5 Å². The van der Waals surface area contributed by atoms with E-state index in [1.165, 1.54) is 11.0 Å². The second-order valence-electron chi connectivity index (χ2n) is 7.39. The number of hydrogen-bond donors (Lipinski definition) is 0. The van der Waals surface area contributed by atoms with Gasteiger partial charge in [-0.3, -0.25) is 19.7 Å². The lowest BCUT2D eigenvalue weighted by Gasteiger charge is -2.37. The maximum atomic E-state index is 13.0. The van der Waals surface area contributed by atoms with Crippen LogP contribution in [0.4, 0.5) is 11.4 Å². The van der Waals surface area contributed by atoms with Crippen molar-refractivity contribution in [3.05, 3.63) is 46.0 Å². The summed E-state index contributed by atoms with van der Waals surface area (Å²) in [4.78, 5) is 37.8. The highest BCUT2D eigenvalue weighted by atomic mass is 16.6. The number of nitrogens with zero attached hydrogens (tertiary/aromatic N) is 2. The third-order valence-electron chi connectivity index (χ3n) is 6.31. The van der Waals surface area contributed by atoms with E-state index in [0.717, 1.165) is 6.42 Å². The number of imide groups is 1. The number of amides is 2. The zero-order valence-corrected chi connectivity index (χ0v) is 13.1. The lowest BCUT2D eigenvalue weighted by Crippen LogP contribution is -2.40. The number of hydrogen-bond acceptors (Lipinski definition) is 4. The van der Waals surface area contributed by atoms with Gasteiger partial charge >= 0.3 is 0 Å². The van der Waals surface area contributed by atoms with Gasteiger partial charge in [0.2, 0.25) is 11.8 Å². The molecule has 1 aliphatic heterocycles. The van der Waals surface area contributed by atoms with Gasteiger partial charge in [-0.1, -0.05) is 18.2 Å². The van der Waals surface area contributed by atoms with Gasteiger partial charge in [-0.2, -0.15) is 0 Å². The molecule has 122 valence electrons. The van der Waals surface area contributed by atoms with Crippen LogP contribution in [-0.4, -0.2) is 16.7 Å². The number of allylic oxidation sites excluding steroid dienone is 2. The molecule has 1 heterocycles. The molecule has 2 bridgehead atoms. The molecule has 6 nitrogen and oxygen atoms in total. The summed E-state index contributed by atoms with van der Waals surface area (Å²) in [5.41, 5.74) is 0.778. The normalized spacial score (nSPS) is 38.3. The molecule has 6 atom stereocenters. The van der Waals surface area contributed by atoms with Gasteiger partial charge in [-0.05, 0) is 43.1 Å². The molecule has 5 aliphatic rings. The van der Waals surface area contributed by atoms with Crippen molar-refractivity contribution >= 4 is 23.2 Å². The summed E-state index contributed by atoms with van der Waals surface area (Å²) in [5.74, 6) is 0.475. The van der Waals surface area contributed by atoms with Crippen LogP contribution < -0.4 is 4.90 Å². The largest absolute Gasteiger partial charge is 0.274 e. The number of anilines is 1. The number of aryl methyl sites for hydroxylation is 1. The van der Waals surface area contributed by atoms with Crippen molar-refractivity contribution in [2.45, 2.75) is 13.3 Å². The molecule has 1 aromatic carbocycles. The first-order chi connectivity index (χ1) is 11.5. The summed E-state index contributed by atoms with van der Waals surface area (Å²) in [7, 11) is 0. The van der Waals surface area contributed by atoms with E-state index < -0.39 is 4.92 Å². The van der Waals surface area contributed by atoms with Crippen LogP contribution in [0, 0.1) is 52.5 Å². The van der Waals surface area contributed by atoms with Gasteiger partial charge < -0.3 is 0 Å². The summed E-state index contributed by atoms with van der Waals surface area (Å²) >= 11 is 0. The molecule has 3 fully saturated rings. The van der Waals surface area contributed by atoms with Crippen LogP contribution in [0.15, 0.2) is 30.4 Å². The highest BCUT2D eigenvalue weighted by Gasteiger charge is 2.67. The second-order valence-corrected chi connectivity index (χ2v) is 7.39. The fourth-order valence-electron chi connectivity index (χ4n) is 5.15. The molecular weight excluding hydrogens is 308 g/mol.